The molecule has 12 heavy (non-hydrogen) atoms. The number of aliphatic hydroxyl groups excluding tert-OH is 1. The van der Waals surface area contributed by atoms with Gasteiger partial charge in [0.25, 0.3) is 0 Å². The highest BCUT2D eigenvalue weighted by Crippen LogP contribution is 2.00. The Morgan fingerprint density at radius 1 is 1.50 bits per heavy atom. The molecule has 0 spiro atoms. The Hall–Kier alpha value is -0.900. The van der Waals surface area contributed by atoms with Crippen LogP contribution in [0.5, 0.6) is 0 Å². The highest BCUT2D eigenvalue weighted by atomic mass is 16.3. The number of aromatic nitrogens is 3. The molecule has 0 fully saturated rings. The van der Waals surface area contributed by atoms with Crippen LogP contribution in [0.3, 0.4) is 0 Å². The van der Waals surface area contributed by atoms with Gasteiger partial charge >= 0.3 is 0 Å². The van der Waals surface area contributed by atoms with E-state index in [1.54, 1.807) is 10.9 Å². The van der Waals surface area contributed by atoms with Gasteiger partial charge in [-0.3, -0.25) is 0 Å². The number of hydrogen-bond donors (Lipinski definition) is 1. The molecule has 0 unspecified atom stereocenters. The molecule has 0 aliphatic heterocycles. The van der Waals surface area contributed by atoms with Crippen LogP contribution in [0.25, 0.3) is 0 Å². The predicted molar refractivity (Wildman–Crippen MR) is 45.5 cm³/mol. The van der Waals surface area contributed by atoms with E-state index < -0.39 is 0 Å². The zero-order chi connectivity index (χ0) is 8.81. The van der Waals surface area contributed by atoms with Crippen LogP contribution < -0.4 is 0 Å². The van der Waals surface area contributed by atoms with Gasteiger partial charge < -0.3 is 5.11 Å². The van der Waals surface area contributed by atoms with Crippen molar-refractivity contribution in [3.05, 3.63) is 11.9 Å². The van der Waals surface area contributed by atoms with Crippen LogP contribution in [0.4, 0.5) is 0 Å². The summed E-state index contributed by atoms with van der Waals surface area (Å²) in [5.41, 5.74) is 0.797. The summed E-state index contributed by atoms with van der Waals surface area (Å²) in [5, 5.41) is 16.5. The average molecular weight is 169 g/mol. The fraction of sp³-hybridized carbons (Fsp3) is 0.750. The monoisotopic (exact) mass is 169 g/mol. The summed E-state index contributed by atoms with van der Waals surface area (Å²) in [6, 6.07) is 0. The second-order valence-corrected chi connectivity index (χ2v) is 2.81. The largest absolute Gasteiger partial charge is 0.390 e. The third kappa shape index (κ3) is 2.30. The van der Waals surface area contributed by atoms with Crippen LogP contribution in [-0.4, -0.2) is 20.1 Å². The minimum absolute atomic E-state index is 0.0269. The standard InChI is InChI=1S/C8H15N3O/c1-2-3-4-5-11-8(7-12)6-9-10-11/h6,12H,2-5,7H2,1H3. The SMILES string of the molecule is CCCCCn1nncc1CO. The van der Waals surface area contributed by atoms with E-state index in [1.807, 2.05) is 0 Å². The first kappa shape index (κ1) is 9.19. The Kier molecular flexibility index (Phi) is 3.73. The van der Waals surface area contributed by atoms with Crippen molar-refractivity contribution in [3.8, 4) is 0 Å². The number of aliphatic hydroxyl groups is 1. The van der Waals surface area contributed by atoms with Crippen LogP contribution in [0.1, 0.15) is 31.9 Å². The summed E-state index contributed by atoms with van der Waals surface area (Å²) in [7, 11) is 0. The second kappa shape index (κ2) is 4.87. The molecule has 0 bridgehead atoms. The maximum atomic E-state index is 8.86. The molecule has 0 radical (unpaired) electrons. The first-order valence-corrected chi connectivity index (χ1v) is 4.36. The first-order valence-electron chi connectivity index (χ1n) is 4.36. The Morgan fingerprint density at radius 2 is 2.33 bits per heavy atom. The van der Waals surface area contributed by atoms with Gasteiger partial charge in [0.1, 0.15) is 0 Å². The third-order valence-corrected chi connectivity index (χ3v) is 1.83. The van der Waals surface area contributed by atoms with Gasteiger partial charge in [-0.25, -0.2) is 4.68 Å². The second-order valence-electron chi connectivity index (χ2n) is 2.81. The van der Waals surface area contributed by atoms with Crippen LogP contribution in [0.2, 0.25) is 0 Å². The minimum Gasteiger partial charge on any atom is -0.390 e. The lowest BCUT2D eigenvalue weighted by Gasteiger charge is -2.02. The fourth-order valence-corrected chi connectivity index (χ4v) is 1.10. The minimum atomic E-state index is 0.0269. The molecule has 0 amide bonds. The number of unbranched alkanes of at least 4 members (excludes halogenated alkanes) is 2. The lowest BCUT2D eigenvalue weighted by molar-refractivity contribution is 0.267. The first-order chi connectivity index (χ1) is 5.88. The third-order valence-electron chi connectivity index (χ3n) is 1.83. The molecule has 1 N–H and O–H groups in total. The molecule has 4 nitrogen and oxygen atoms in total. The van der Waals surface area contributed by atoms with E-state index in [9.17, 15) is 0 Å². The van der Waals surface area contributed by atoms with Crippen LogP contribution in [-0.2, 0) is 13.2 Å². The molecule has 0 atom stereocenters. The molecule has 0 aromatic carbocycles. The Morgan fingerprint density at radius 3 is 3.00 bits per heavy atom. The molecular weight excluding hydrogens is 154 g/mol. The van der Waals surface area contributed by atoms with Crippen LogP contribution >= 0.6 is 0 Å². The van der Waals surface area contributed by atoms with Crippen molar-refractivity contribution in [2.75, 3.05) is 0 Å². The summed E-state index contributed by atoms with van der Waals surface area (Å²) in [4.78, 5) is 0. The maximum Gasteiger partial charge on any atom is 0.0866 e. The van der Waals surface area contributed by atoms with E-state index >= 15 is 0 Å². The summed E-state index contributed by atoms with van der Waals surface area (Å²) >= 11 is 0. The van der Waals surface area contributed by atoms with Gasteiger partial charge in [-0.1, -0.05) is 25.0 Å². The van der Waals surface area contributed by atoms with Gasteiger partial charge in [0, 0.05) is 6.54 Å². The molecule has 0 aliphatic carbocycles. The lowest BCUT2D eigenvalue weighted by atomic mass is 10.2. The summed E-state index contributed by atoms with van der Waals surface area (Å²) < 4.78 is 1.76. The van der Waals surface area contributed by atoms with Crippen LogP contribution in [0.15, 0.2) is 6.20 Å². The molecule has 1 aromatic heterocycles. The summed E-state index contributed by atoms with van der Waals surface area (Å²) in [6.07, 6.45) is 5.10. The van der Waals surface area contributed by atoms with E-state index in [1.165, 1.54) is 12.8 Å². The van der Waals surface area contributed by atoms with E-state index in [0.29, 0.717) is 0 Å². The maximum absolute atomic E-state index is 8.86. The summed E-state index contributed by atoms with van der Waals surface area (Å²) in [5.74, 6) is 0. The van der Waals surface area contributed by atoms with E-state index in [-0.39, 0.29) is 6.61 Å². The Labute approximate surface area is 72.2 Å². The van der Waals surface area contributed by atoms with Crippen molar-refractivity contribution in [3.63, 3.8) is 0 Å². The molecule has 0 saturated heterocycles. The van der Waals surface area contributed by atoms with Gasteiger partial charge in [0.2, 0.25) is 0 Å². The number of nitrogens with zero attached hydrogens (tertiary/aromatic N) is 3. The molecule has 0 aliphatic rings. The average Bonchev–Trinajstić information content (AvgIpc) is 2.52. The molecule has 1 rings (SSSR count). The van der Waals surface area contributed by atoms with Gasteiger partial charge in [-0.05, 0) is 6.42 Å². The van der Waals surface area contributed by atoms with E-state index in [2.05, 4.69) is 17.2 Å². The highest BCUT2D eigenvalue weighted by Gasteiger charge is 2.00. The van der Waals surface area contributed by atoms with Gasteiger partial charge in [0.05, 0.1) is 18.5 Å². The Bertz CT molecular complexity index is 222. The summed E-state index contributed by atoms with van der Waals surface area (Å²) in [6.45, 7) is 3.05. The topological polar surface area (TPSA) is 50.9 Å². The van der Waals surface area contributed by atoms with Gasteiger partial charge in [-0.2, -0.15) is 0 Å². The number of rotatable bonds is 5. The fourth-order valence-electron chi connectivity index (χ4n) is 1.10. The van der Waals surface area contributed by atoms with Crippen molar-refractivity contribution in [1.29, 1.82) is 0 Å². The molecule has 0 saturated carbocycles. The van der Waals surface area contributed by atoms with Crippen molar-refractivity contribution in [2.24, 2.45) is 0 Å². The van der Waals surface area contributed by atoms with Gasteiger partial charge in [-0.15, -0.1) is 5.10 Å². The number of hydrogen-bond acceptors (Lipinski definition) is 3. The molecular formula is C8H15N3O. The smallest absolute Gasteiger partial charge is 0.0866 e. The highest BCUT2D eigenvalue weighted by molar-refractivity contribution is 4.90. The molecule has 1 heterocycles. The van der Waals surface area contributed by atoms with E-state index in [4.69, 9.17) is 5.11 Å². The van der Waals surface area contributed by atoms with E-state index in [0.717, 1.165) is 18.7 Å². The molecule has 4 heteroatoms. The molecule has 68 valence electrons. The Balaban J connectivity index is 2.39. The van der Waals surface area contributed by atoms with Crippen molar-refractivity contribution >= 4 is 0 Å². The normalized spacial score (nSPS) is 10.5. The zero-order valence-electron chi connectivity index (χ0n) is 7.40. The van der Waals surface area contributed by atoms with Crippen LogP contribution in [0, 0.1) is 0 Å². The number of aryl methyl sites for hydroxylation is 1. The lowest BCUT2D eigenvalue weighted by Crippen LogP contribution is -2.05. The van der Waals surface area contributed by atoms with Crippen molar-refractivity contribution in [2.45, 2.75) is 39.3 Å². The molecule has 1 aromatic rings. The van der Waals surface area contributed by atoms with Gasteiger partial charge in [0.15, 0.2) is 0 Å². The zero-order valence-corrected chi connectivity index (χ0v) is 7.40. The quantitative estimate of drug-likeness (QED) is 0.668. The van der Waals surface area contributed by atoms with Crippen molar-refractivity contribution in [1.82, 2.24) is 15.0 Å². The predicted octanol–water partition coefficient (Wildman–Crippen LogP) is 0.961. The van der Waals surface area contributed by atoms with Crippen molar-refractivity contribution < 1.29 is 5.11 Å².